The maximum Gasteiger partial charge on any atom is 0.505 e. The van der Waals surface area contributed by atoms with Crippen molar-refractivity contribution in [2.75, 3.05) is 19.8 Å². The maximum atomic E-state index is 9.99. The highest BCUT2D eigenvalue weighted by Gasteiger charge is 2.14. The predicted octanol–water partition coefficient (Wildman–Crippen LogP) is 1.11. The van der Waals surface area contributed by atoms with E-state index in [9.17, 15) is 4.79 Å². The molecule has 0 atom stereocenters. The van der Waals surface area contributed by atoms with Gasteiger partial charge >= 0.3 is 6.16 Å². The molecule has 1 N–H and O–H groups in total. The van der Waals surface area contributed by atoms with E-state index in [0.717, 1.165) is 26.1 Å². The molecule has 0 aliphatic carbocycles. The lowest BCUT2D eigenvalue weighted by molar-refractivity contribution is 0.0251. The molecule has 1 fully saturated rings. The second-order valence-corrected chi connectivity index (χ2v) is 2.63. The normalized spacial score (nSPS) is 19.6. The molecule has 64 valence electrons. The summed E-state index contributed by atoms with van der Waals surface area (Å²) in [4.78, 5) is 9.99. The van der Waals surface area contributed by atoms with Gasteiger partial charge in [0.1, 0.15) is 0 Å². The van der Waals surface area contributed by atoms with Gasteiger partial charge in [-0.3, -0.25) is 0 Å². The summed E-state index contributed by atoms with van der Waals surface area (Å²) in [7, 11) is 0. The van der Waals surface area contributed by atoms with Gasteiger partial charge in [0.05, 0.1) is 6.61 Å². The fourth-order valence-corrected chi connectivity index (χ4v) is 1.10. The van der Waals surface area contributed by atoms with Gasteiger partial charge in [0.25, 0.3) is 0 Å². The quantitative estimate of drug-likeness (QED) is 0.615. The number of ether oxygens (including phenoxy) is 2. The standard InChI is InChI=1S/C7H12O4/c8-7(9)11-5-6-1-3-10-4-2-6/h6H,1-5H2,(H,8,9). The summed E-state index contributed by atoms with van der Waals surface area (Å²) in [6.07, 6.45) is 0.636. The molecule has 0 radical (unpaired) electrons. The molecule has 0 aromatic carbocycles. The molecule has 4 heteroatoms. The highest BCUT2D eigenvalue weighted by atomic mass is 16.7. The summed E-state index contributed by atoms with van der Waals surface area (Å²) in [6, 6.07) is 0. The van der Waals surface area contributed by atoms with Gasteiger partial charge in [-0.15, -0.1) is 0 Å². The van der Waals surface area contributed by atoms with Crippen LogP contribution in [-0.2, 0) is 9.47 Å². The average molecular weight is 160 g/mol. The van der Waals surface area contributed by atoms with Crippen molar-refractivity contribution < 1.29 is 19.4 Å². The summed E-state index contributed by atoms with van der Waals surface area (Å²) in [5.74, 6) is 0.361. The number of carboxylic acid groups (broad SMARTS) is 1. The molecule has 1 rings (SSSR count). The van der Waals surface area contributed by atoms with Crippen LogP contribution in [0.3, 0.4) is 0 Å². The first-order valence-electron chi connectivity index (χ1n) is 3.72. The first kappa shape index (κ1) is 8.33. The van der Waals surface area contributed by atoms with E-state index < -0.39 is 6.16 Å². The van der Waals surface area contributed by atoms with Crippen LogP contribution in [0, 0.1) is 5.92 Å². The van der Waals surface area contributed by atoms with E-state index in [1.54, 1.807) is 0 Å². The van der Waals surface area contributed by atoms with E-state index in [4.69, 9.17) is 9.84 Å². The van der Waals surface area contributed by atoms with Crippen molar-refractivity contribution in [1.29, 1.82) is 0 Å². The SMILES string of the molecule is O=C(O)OCC1CCOCC1. The average Bonchev–Trinajstić information content (AvgIpc) is 2.03. The van der Waals surface area contributed by atoms with Gasteiger partial charge < -0.3 is 14.6 Å². The Bertz CT molecular complexity index is 128. The van der Waals surface area contributed by atoms with Crippen molar-refractivity contribution in [2.24, 2.45) is 5.92 Å². The van der Waals surface area contributed by atoms with Gasteiger partial charge in [-0.1, -0.05) is 0 Å². The number of rotatable bonds is 2. The van der Waals surface area contributed by atoms with E-state index >= 15 is 0 Å². The summed E-state index contributed by atoms with van der Waals surface area (Å²) in [5, 5.41) is 8.19. The van der Waals surface area contributed by atoms with Crippen molar-refractivity contribution >= 4 is 6.16 Å². The van der Waals surface area contributed by atoms with E-state index in [1.165, 1.54) is 0 Å². The van der Waals surface area contributed by atoms with Crippen LogP contribution in [-0.4, -0.2) is 31.1 Å². The number of hydrogen-bond acceptors (Lipinski definition) is 3. The zero-order valence-electron chi connectivity index (χ0n) is 6.28. The fraction of sp³-hybridized carbons (Fsp3) is 0.857. The minimum absolute atomic E-state index is 0.318. The Kier molecular flexibility index (Phi) is 3.16. The van der Waals surface area contributed by atoms with Crippen LogP contribution in [0.5, 0.6) is 0 Å². The monoisotopic (exact) mass is 160 g/mol. The predicted molar refractivity (Wildman–Crippen MR) is 37.5 cm³/mol. The molecular weight excluding hydrogens is 148 g/mol. The Labute approximate surface area is 65.1 Å². The molecule has 0 saturated carbocycles. The van der Waals surface area contributed by atoms with Gasteiger partial charge in [0.2, 0.25) is 0 Å². The Balaban J connectivity index is 2.09. The third-order valence-corrected chi connectivity index (χ3v) is 1.78. The lowest BCUT2D eigenvalue weighted by atomic mass is 10.0. The van der Waals surface area contributed by atoms with Crippen LogP contribution in [0.15, 0.2) is 0 Å². The lowest BCUT2D eigenvalue weighted by Gasteiger charge is -2.20. The summed E-state index contributed by atoms with van der Waals surface area (Å²) >= 11 is 0. The topological polar surface area (TPSA) is 55.8 Å². The van der Waals surface area contributed by atoms with Gasteiger partial charge in [0.15, 0.2) is 0 Å². The molecule has 0 spiro atoms. The highest BCUT2D eigenvalue weighted by Crippen LogP contribution is 2.14. The van der Waals surface area contributed by atoms with Gasteiger partial charge in [-0.25, -0.2) is 4.79 Å². The van der Waals surface area contributed by atoms with Crippen LogP contribution >= 0.6 is 0 Å². The van der Waals surface area contributed by atoms with E-state index in [0.29, 0.717) is 12.5 Å². The first-order valence-corrected chi connectivity index (χ1v) is 3.72. The maximum absolute atomic E-state index is 9.99. The molecule has 0 bridgehead atoms. The third-order valence-electron chi connectivity index (χ3n) is 1.78. The Hall–Kier alpha value is -0.770. The van der Waals surface area contributed by atoms with Crippen molar-refractivity contribution in [1.82, 2.24) is 0 Å². The van der Waals surface area contributed by atoms with Crippen molar-refractivity contribution in [3.8, 4) is 0 Å². The molecule has 0 aromatic heterocycles. The molecule has 0 amide bonds. The lowest BCUT2D eigenvalue weighted by Crippen LogP contribution is -2.21. The fourth-order valence-electron chi connectivity index (χ4n) is 1.10. The zero-order chi connectivity index (χ0) is 8.10. The second kappa shape index (κ2) is 4.18. The Morgan fingerprint density at radius 3 is 2.73 bits per heavy atom. The Morgan fingerprint density at radius 1 is 1.55 bits per heavy atom. The summed E-state index contributed by atoms with van der Waals surface area (Å²) in [6.45, 7) is 1.78. The molecule has 1 heterocycles. The largest absolute Gasteiger partial charge is 0.505 e. The van der Waals surface area contributed by atoms with E-state index in [2.05, 4.69) is 4.74 Å². The van der Waals surface area contributed by atoms with Gasteiger partial charge in [-0.2, -0.15) is 0 Å². The van der Waals surface area contributed by atoms with Crippen molar-refractivity contribution in [3.05, 3.63) is 0 Å². The molecule has 1 aliphatic heterocycles. The minimum atomic E-state index is -1.18. The van der Waals surface area contributed by atoms with Gasteiger partial charge in [-0.05, 0) is 18.8 Å². The number of hydrogen-bond donors (Lipinski definition) is 1. The molecule has 0 unspecified atom stereocenters. The molecular formula is C7H12O4. The smallest absolute Gasteiger partial charge is 0.450 e. The van der Waals surface area contributed by atoms with Crippen LogP contribution < -0.4 is 0 Å². The first-order chi connectivity index (χ1) is 5.29. The van der Waals surface area contributed by atoms with Crippen LogP contribution in [0.1, 0.15) is 12.8 Å². The minimum Gasteiger partial charge on any atom is -0.450 e. The highest BCUT2D eigenvalue weighted by molar-refractivity contribution is 5.56. The Morgan fingerprint density at radius 2 is 2.18 bits per heavy atom. The summed E-state index contributed by atoms with van der Waals surface area (Å²) in [5.41, 5.74) is 0. The van der Waals surface area contributed by atoms with Crippen LogP contribution in [0.4, 0.5) is 4.79 Å². The van der Waals surface area contributed by atoms with Gasteiger partial charge in [0, 0.05) is 13.2 Å². The number of carbonyl (C=O) groups is 1. The summed E-state index contributed by atoms with van der Waals surface area (Å²) < 4.78 is 9.55. The molecule has 11 heavy (non-hydrogen) atoms. The molecule has 1 aliphatic rings. The zero-order valence-corrected chi connectivity index (χ0v) is 6.28. The third kappa shape index (κ3) is 3.23. The van der Waals surface area contributed by atoms with Crippen LogP contribution in [0.2, 0.25) is 0 Å². The van der Waals surface area contributed by atoms with E-state index in [1.807, 2.05) is 0 Å². The molecule has 0 aromatic rings. The van der Waals surface area contributed by atoms with E-state index in [-0.39, 0.29) is 0 Å². The van der Waals surface area contributed by atoms with Crippen LogP contribution in [0.25, 0.3) is 0 Å². The van der Waals surface area contributed by atoms with Crippen molar-refractivity contribution in [3.63, 3.8) is 0 Å². The molecule has 4 nitrogen and oxygen atoms in total. The second-order valence-electron chi connectivity index (χ2n) is 2.63. The molecule has 1 saturated heterocycles. The van der Waals surface area contributed by atoms with Crippen molar-refractivity contribution in [2.45, 2.75) is 12.8 Å².